The molecule has 2 N–H and O–H groups in total. The standard InChI is InChI=1S/C13H23N3/c1-9(2)11(4)16(5)13-12(10(3)14)7-6-8-15-13/h6-11H,14H2,1-5H3. The topological polar surface area (TPSA) is 42.1 Å². The quantitative estimate of drug-likeness (QED) is 0.849. The lowest BCUT2D eigenvalue weighted by atomic mass is 10.0. The highest BCUT2D eigenvalue weighted by Gasteiger charge is 2.18. The fourth-order valence-corrected chi connectivity index (χ4v) is 1.70. The molecule has 1 rings (SSSR count). The molecule has 1 heterocycles. The van der Waals surface area contributed by atoms with Crippen LogP contribution in [0, 0.1) is 5.92 Å². The van der Waals surface area contributed by atoms with E-state index in [1.807, 2.05) is 19.2 Å². The van der Waals surface area contributed by atoms with Gasteiger partial charge in [-0.25, -0.2) is 4.98 Å². The van der Waals surface area contributed by atoms with Crippen molar-refractivity contribution in [3.8, 4) is 0 Å². The fraction of sp³-hybridized carbons (Fsp3) is 0.615. The SMILES string of the molecule is CC(N)c1cccnc1N(C)C(C)C(C)C. The van der Waals surface area contributed by atoms with Crippen LogP contribution in [0.25, 0.3) is 0 Å². The zero-order valence-electron chi connectivity index (χ0n) is 10.9. The predicted octanol–water partition coefficient (Wildman–Crippen LogP) is 2.58. The van der Waals surface area contributed by atoms with Crippen LogP contribution in [0.2, 0.25) is 0 Å². The average Bonchev–Trinajstić information content (AvgIpc) is 2.26. The summed E-state index contributed by atoms with van der Waals surface area (Å²) >= 11 is 0. The van der Waals surface area contributed by atoms with Gasteiger partial charge in [0.1, 0.15) is 5.82 Å². The Balaban J connectivity index is 3.03. The number of hydrogen-bond acceptors (Lipinski definition) is 3. The Hall–Kier alpha value is -1.09. The van der Waals surface area contributed by atoms with E-state index in [2.05, 4.69) is 43.8 Å². The third kappa shape index (κ3) is 2.73. The maximum atomic E-state index is 5.96. The second-order valence-corrected chi connectivity index (χ2v) is 4.80. The maximum absolute atomic E-state index is 5.96. The Kier molecular flexibility index (Phi) is 4.30. The van der Waals surface area contributed by atoms with Gasteiger partial charge in [-0.2, -0.15) is 0 Å². The summed E-state index contributed by atoms with van der Waals surface area (Å²) in [5.74, 6) is 1.59. The third-order valence-electron chi connectivity index (χ3n) is 3.22. The van der Waals surface area contributed by atoms with Gasteiger partial charge in [-0.05, 0) is 25.8 Å². The molecule has 0 amide bonds. The van der Waals surface area contributed by atoms with Crippen molar-refractivity contribution in [1.29, 1.82) is 0 Å². The van der Waals surface area contributed by atoms with E-state index >= 15 is 0 Å². The van der Waals surface area contributed by atoms with E-state index < -0.39 is 0 Å². The average molecular weight is 221 g/mol. The number of rotatable bonds is 4. The molecule has 0 saturated carbocycles. The first-order chi connectivity index (χ1) is 7.45. The van der Waals surface area contributed by atoms with Gasteiger partial charge in [-0.1, -0.05) is 19.9 Å². The zero-order chi connectivity index (χ0) is 12.3. The molecular weight excluding hydrogens is 198 g/mol. The minimum atomic E-state index is 0.0190. The van der Waals surface area contributed by atoms with E-state index in [9.17, 15) is 0 Å². The van der Waals surface area contributed by atoms with Crippen molar-refractivity contribution < 1.29 is 0 Å². The van der Waals surface area contributed by atoms with Crippen LogP contribution in [-0.4, -0.2) is 18.1 Å². The van der Waals surface area contributed by atoms with Gasteiger partial charge in [0.15, 0.2) is 0 Å². The molecule has 90 valence electrons. The summed E-state index contributed by atoms with van der Waals surface area (Å²) in [5.41, 5.74) is 7.07. The first-order valence-electron chi connectivity index (χ1n) is 5.88. The molecule has 0 aliphatic rings. The van der Waals surface area contributed by atoms with Crippen molar-refractivity contribution in [3.63, 3.8) is 0 Å². The zero-order valence-corrected chi connectivity index (χ0v) is 10.9. The summed E-state index contributed by atoms with van der Waals surface area (Å²) in [5, 5.41) is 0. The minimum absolute atomic E-state index is 0.0190. The largest absolute Gasteiger partial charge is 0.356 e. The fourth-order valence-electron chi connectivity index (χ4n) is 1.70. The van der Waals surface area contributed by atoms with Crippen LogP contribution in [0.4, 0.5) is 5.82 Å². The highest BCUT2D eigenvalue weighted by molar-refractivity contribution is 5.48. The highest BCUT2D eigenvalue weighted by atomic mass is 15.2. The van der Waals surface area contributed by atoms with Gasteiger partial charge in [0.25, 0.3) is 0 Å². The Labute approximate surface area is 98.7 Å². The Morgan fingerprint density at radius 1 is 1.25 bits per heavy atom. The summed E-state index contributed by atoms with van der Waals surface area (Å²) in [6.45, 7) is 8.64. The van der Waals surface area contributed by atoms with Crippen molar-refractivity contribution in [2.75, 3.05) is 11.9 Å². The van der Waals surface area contributed by atoms with Gasteiger partial charge < -0.3 is 10.6 Å². The molecule has 0 aliphatic heterocycles. The number of anilines is 1. The summed E-state index contributed by atoms with van der Waals surface area (Å²) in [6, 6.07) is 4.46. The van der Waals surface area contributed by atoms with Crippen LogP contribution in [0.15, 0.2) is 18.3 Å². The van der Waals surface area contributed by atoms with E-state index in [0.29, 0.717) is 12.0 Å². The molecule has 3 heteroatoms. The van der Waals surface area contributed by atoms with Gasteiger partial charge in [-0.15, -0.1) is 0 Å². The molecular formula is C13H23N3. The molecule has 16 heavy (non-hydrogen) atoms. The summed E-state index contributed by atoms with van der Waals surface area (Å²) < 4.78 is 0. The highest BCUT2D eigenvalue weighted by Crippen LogP contribution is 2.24. The van der Waals surface area contributed by atoms with Gasteiger partial charge in [0.05, 0.1) is 0 Å². The van der Waals surface area contributed by atoms with Crippen molar-refractivity contribution in [1.82, 2.24) is 4.98 Å². The van der Waals surface area contributed by atoms with E-state index in [-0.39, 0.29) is 6.04 Å². The Morgan fingerprint density at radius 2 is 1.88 bits per heavy atom. The second-order valence-electron chi connectivity index (χ2n) is 4.80. The predicted molar refractivity (Wildman–Crippen MR) is 69.5 cm³/mol. The lowest BCUT2D eigenvalue weighted by Gasteiger charge is -2.31. The van der Waals surface area contributed by atoms with Crippen LogP contribution in [0.3, 0.4) is 0 Å². The van der Waals surface area contributed by atoms with Crippen molar-refractivity contribution in [2.45, 2.75) is 39.8 Å². The normalized spacial score (nSPS) is 14.9. The maximum Gasteiger partial charge on any atom is 0.133 e. The Bertz CT molecular complexity index is 334. The number of aromatic nitrogens is 1. The second kappa shape index (κ2) is 5.30. The molecule has 0 aliphatic carbocycles. The van der Waals surface area contributed by atoms with E-state index in [1.54, 1.807) is 0 Å². The Morgan fingerprint density at radius 3 is 2.38 bits per heavy atom. The number of nitrogens with zero attached hydrogens (tertiary/aromatic N) is 2. The smallest absolute Gasteiger partial charge is 0.133 e. The lowest BCUT2D eigenvalue weighted by molar-refractivity contribution is 0.501. The van der Waals surface area contributed by atoms with Crippen LogP contribution in [0.1, 0.15) is 39.3 Å². The van der Waals surface area contributed by atoms with Crippen LogP contribution in [0.5, 0.6) is 0 Å². The molecule has 3 nitrogen and oxygen atoms in total. The first kappa shape index (κ1) is 13.0. The van der Waals surface area contributed by atoms with Crippen LogP contribution < -0.4 is 10.6 Å². The molecule has 0 aromatic carbocycles. The van der Waals surface area contributed by atoms with Crippen molar-refractivity contribution in [2.24, 2.45) is 11.7 Å². The van der Waals surface area contributed by atoms with E-state index in [1.165, 1.54) is 0 Å². The molecule has 0 bridgehead atoms. The molecule has 0 radical (unpaired) electrons. The molecule has 0 saturated heterocycles. The van der Waals surface area contributed by atoms with Gasteiger partial charge in [0.2, 0.25) is 0 Å². The number of nitrogens with two attached hydrogens (primary N) is 1. The van der Waals surface area contributed by atoms with Crippen molar-refractivity contribution in [3.05, 3.63) is 23.9 Å². The third-order valence-corrected chi connectivity index (χ3v) is 3.22. The molecule has 2 unspecified atom stereocenters. The van der Waals surface area contributed by atoms with E-state index in [4.69, 9.17) is 5.73 Å². The van der Waals surface area contributed by atoms with Gasteiger partial charge >= 0.3 is 0 Å². The van der Waals surface area contributed by atoms with Crippen molar-refractivity contribution >= 4 is 5.82 Å². The summed E-state index contributed by atoms with van der Waals surface area (Å²) in [7, 11) is 2.08. The first-order valence-corrected chi connectivity index (χ1v) is 5.88. The van der Waals surface area contributed by atoms with E-state index in [0.717, 1.165) is 11.4 Å². The molecule has 0 fully saturated rings. The molecule has 1 aromatic heterocycles. The van der Waals surface area contributed by atoms with Crippen LogP contribution in [-0.2, 0) is 0 Å². The lowest BCUT2D eigenvalue weighted by Crippen LogP contribution is -2.35. The summed E-state index contributed by atoms with van der Waals surface area (Å²) in [4.78, 5) is 6.66. The summed E-state index contributed by atoms with van der Waals surface area (Å²) in [6.07, 6.45) is 1.82. The molecule has 0 spiro atoms. The van der Waals surface area contributed by atoms with Gasteiger partial charge in [-0.3, -0.25) is 0 Å². The monoisotopic (exact) mass is 221 g/mol. The minimum Gasteiger partial charge on any atom is -0.356 e. The molecule has 1 aromatic rings. The van der Waals surface area contributed by atoms with Gasteiger partial charge in [0, 0.05) is 30.9 Å². The number of pyridine rings is 1. The van der Waals surface area contributed by atoms with Crippen LogP contribution >= 0.6 is 0 Å². The molecule has 2 atom stereocenters. The number of hydrogen-bond donors (Lipinski definition) is 1.